The zero-order valence-corrected chi connectivity index (χ0v) is 16.9. The van der Waals surface area contributed by atoms with Gasteiger partial charge in [0.1, 0.15) is 0 Å². The first-order valence-corrected chi connectivity index (χ1v) is 10.0. The average Bonchev–Trinajstić information content (AvgIpc) is 3.00. The fraction of sp³-hybridized carbons (Fsp3) is 0.391. The van der Waals surface area contributed by atoms with Crippen molar-refractivity contribution in [2.75, 3.05) is 33.9 Å². The Kier molecular flexibility index (Phi) is 5.53. The molecule has 0 radical (unpaired) electrons. The van der Waals surface area contributed by atoms with Gasteiger partial charge in [0.15, 0.2) is 11.5 Å². The fourth-order valence-corrected chi connectivity index (χ4v) is 4.18. The number of benzene rings is 2. The molecule has 2 aromatic carbocycles. The van der Waals surface area contributed by atoms with E-state index in [9.17, 15) is 9.59 Å². The van der Waals surface area contributed by atoms with E-state index in [1.807, 2.05) is 0 Å². The number of carbonyl (C=O) groups is 2. The van der Waals surface area contributed by atoms with Gasteiger partial charge in [-0.1, -0.05) is 12.1 Å². The topological polar surface area (TPSA) is 59.1 Å². The highest BCUT2D eigenvalue weighted by atomic mass is 16.5. The number of imide groups is 1. The van der Waals surface area contributed by atoms with Crippen molar-refractivity contribution in [2.45, 2.75) is 25.8 Å². The van der Waals surface area contributed by atoms with Gasteiger partial charge in [0, 0.05) is 19.6 Å². The van der Waals surface area contributed by atoms with Crippen LogP contribution in [0.5, 0.6) is 11.5 Å². The molecule has 2 amide bonds. The molecule has 2 aliphatic rings. The van der Waals surface area contributed by atoms with Crippen molar-refractivity contribution < 1.29 is 19.1 Å². The molecular weight excluding hydrogens is 368 g/mol. The lowest BCUT2D eigenvalue weighted by Crippen LogP contribution is -2.33. The normalized spacial score (nSPS) is 16.0. The van der Waals surface area contributed by atoms with Crippen LogP contribution < -0.4 is 9.47 Å². The van der Waals surface area contributed by atoms with E-state index in [4.69, 9.17) is 9.47 Å². The summed E-state index contributed by atoms with van der Waals surface area (Å²) in [5.41, 5.74) is 3.63. The lowest BCUT2D eigenvalue weighted by Gasteiger charge is -2.29. The summed E-state index contributed by atoms with van der Waals surface area (Å²) in [6, 6.07) is 11.2. The Balaban J connectivity index is 1.29. The Labute approximate surface area is 171 Å². The zero-order chi connectivity index (χ0) is 20.4. The lowest BCUT2D eigenvalue weighted by atomic mass is 9.98. The van der Waals surface area contributed by atoms with Gasteiger partial charge in [0.2, 0.25) is 0 Å². The van der Waals surface area contributed by atoms with Crippen LogP contribution in [0.4, 0.5) is 0 Å². The average molecular weight is 394 g/mol. The standard InChI is InChI=1S/C23H26N2O4/c1-28-20-13-16-9-12-24(15-17(16)14-21(20)29-2)10-5-6-11-25-22(26)18-7-3-4-8-19(18)23(25)27/h3-4,7-8,13-14H,5-6,9-12,15H2,1-2H3. The number of unbranched alkanes of at least 4 members (excludes halogenated alkanes) is 1. The van der Waals surface area contributed by atoms with Crippen LogP contribution in [0, 0.1) is 0 Å². The quantitative estimate of drug-likeness (QED) is 0.533. The maximum atomic E-state index is 12.4. The number of rotatable bonds is 7. The van der Waals surface area contributed by atoms with E-state index >= 15 is 0 Å². The molecule has 2 aromatic rings. The highest BCUT2D eigenvalue weighted by Gasteiger charge is 2.34. The van der Waals surface area contributed by atoms with E-state index in [0.29, 0.717) is 17.7 Å². The Morgan fingerprint density at radius 3 is 2.07 bits per heavy atom. The van der Waals surface area contributed by atoms with Crippen LogP contribution in [0.15, 0.2) is 36.4 Å². The highest BCUT2D eigenvalue weighted by Crippen LogP contribution is 2.33. The van der Waals surface area contributed by atoms with Gasteiger partial charge in [0.05, 0.1) is 25.3 Å². The van der Waals surface area contributed by atoms with Gasteiger partial charge in [-0.3, -0.25) is 19.4 Å². The van der Waals surface area contributed by atoms with E-state index in [1.54, 1.807) is 38.5 Å². The first kappa shape index (κ1) is 19.5. The molecule has 0 fully saturated rings. The maximum Gasteiger partial charge on any atom is 0.261 e. The van der Waals surface area contributed by atoms with Crippen molar-refractivity contribution in [3.05, 3.63) is 58.7 Å². The monoisotopic (exact) mass is 394 g/mol. The zero-order valence-electron chi connectivity index (χ0n) is 16.9. The molecule has 0 N–H and O–H groups in total. The number of methoxy groups -OCH3 is 2. The summed E-state index contributed by atoms with van der Waals surface area (Å²) in [5, 5.41) is 0. The number of carbonyl (C=O) groups excluding carboxylic acids is 2. The van der Waals surface area contributed by atoms with Crippen LogP contribution in [0.25, 0.3) is 0 Å². The summed E-state index contributed by atoms with van der Waals surface area (Å²) in [6.07, 6.45) is 2.73. The predicted molar refractivity (Wildman–Crippen MR) is 110 cm³/mol. The Morgan fingerprint density at radius 2 is 1.45 bits per heavy atom. The molecule has 0 aromatic heterocycles. The summed E-state index contributed by atoms with van der Waals surface area (Å²) in [4.78, 5) is 28.6. The van der Waals surface area contributed by atoms with Crippen molar-refractivity contribution in [1.29, 1.82) is 0 Å². The Bertz CT molecular complexity index is 905. The minimum absolute atomic E-state index is 0.168. The number of hydrogen-bond acceptors (Lipinski definition) is 5. The van der Waals surface area contributed by atoms with Gasteiger partial charge >= 0.3 is 0 Å². The van der Waals surface area contributed by atoms with Crippen molar-refractivity contribution in [3.8, 4) is 11.5 Å². The Morgan fingerprint density at radius 1 is 0.862 bits per heavy atom. The minimum Gasteiger partial charge on any atom is -0.493 e. The van der Waals surface area contributed by atoms with Gasteiger partial charge in [0.25, 0.3) is 11.8 Å². The van der Waals surface area contributed by atoms with Crippen molar-refractivity contribution in [2.24, 2.45) is 0 Å². The summed E-state index contributed by atoms with van der Waals surface area (Å²) >= 11 is 0. The second-order valence-electron chi connectivity index (χ2n) is 7.52. The first-order valence-electron chi connectivity index (χ1n) is 10.0. The SMILES string of the molecule is COc1cc2c(cc1OC)CN(CCCCN1C(=O)c3ccccc3C1=O)CC2. The van der Waals surface area contributed by atoms with Gasteiger partial charge in [-0.2, -0.15) is 0 Å². The van der Waals surface area contributed by atoms with E-state index in [0.717, 1.165) is 50.4 Å². The molecule has 0 atom stereocenters. The predicted octanol–water partition coefficient (Wildman–Crippen LogP) is 3.14. The summed E-state index contributed by atoms with van der Waals surface area (Å²) in [7, 11) is 3.32. The van der Waals surface area contributed by atoms with E-state index in [2.05, 4.69) is 17.0 Å². The third-order valence-corrected chi connectivity index (χ3v) is 5.78. The van der Waals surface area contributed by atoms with Crippen molar-refractivity contribution >= 4 is 11.8 Å². The minimum atomic E-state index is -0.168. The molecule has 4 rings (SSSR count). The lowest BCUT2D eigenvalue weighted by molar-refractivity contribution is 0.0650. The third-order valence-electron chi connectivity index (χ3n) is 5.78. The molecule has 0 unspecified atom stereocenters. The molecule has 152 valence electrons. The molecular formula is C23H26N2O4. The maximum absolute atomic E-state index is 12.4. The van der Waals surface area contributed by atoms with Gasteiger partial charge in [-0.15, -0.1) is 0 Å². The largest absolute Gasteiger partial charge is 0.493 e. The molecule has 6 nitrogen and oxygen atoms in total. The smallest absolute Gasteiger partial charge is 0.261 e. The molecule has 29 heavy (non-hydrogen) atoms. The molecule has 0 spiro atoms. The van der Waals surface area contributed by atoms with E-state index in [1.165, 1.54) is 16.0 Å². The van der Waals surface area contributed by atoms with E-state index < -0.39 is 0 Å². The summed E-state index contributed by atoms with van der Waals surface area (Å²) in [6.45, 7) is 3.29. The molecule has 2 heterocycles. The molecule has 6 heteroatoms. The number of fused-ring (bicyclic) bond motifs is 2. The van der Waals surface area contributed by atoms with Crippen LogP contribution in [0.3, 0.4) is 0 Å². The second-order valence-corrected chi connectivity index (χ2v) is 7.52. The third kappa shape index (κ3) is 3.72. The molecule has 2 aliphatic heterocycles. The van der Waals surface area contributed by atoms with Crippen LogP contribution in [0.2, 0.25) is 0 Å². The van der Waals surface area contributed by atoms with Crippen LogP contribution >= 0.6 is 0 Å². The van der Waals surface area contributed by atoms with Gasteiger partial charge in [-0.25, -0.2) is 0 Å². The summed E-state index contributed by atoms with van der Waals surface area (Å²) in [5.74, 6) is 1.21. The Hall–Kier alpha value is -2.86. The van der Waals surface area contributed by atoms with E-state index in [-0.39, 0.29) is 11.8 Å². The van der Waals surface area contributed by atoms with Crippen LogP contribution in [-0.4, -0.2) is 55.5 Å². The van der Waals surface area contributed by atoms with Crippen LogP contribution in [0.1, 0.15) is 44.7 Å². The fourth-order valence-electron chi connectivity index (χ4n) is 4.18. The second kappa shape index (κ2) is 8.25. The van der Waals surface area contributed by atoms with Crippen molar-refractivity contribution in [3.63, 3.8) is 0 Å². The van der Waals surface area contributed by atoms with Crippen molar-refractivity contribution in [1.82, 2.24) is 9.80 Å². The number of nitrogens with zero attached hydrogens (tertiary/aromatic N) is 2. The number of ether oxygens (including phenoxy) is 2. The number of amides is 2. The molecule has 0 bridgehead atoms. The van der Waals surface area contributed by atoms with Gasteiger partial charge < -0.3 is 9.47 Å². The van der Waals surface area contributed by atoms with Crippen LogP contribution in [-0.2, 0) is 13.0 Å². The number of hydrogen-bond donors (Lipinski definition) is 0. The summed E-state index contributed by atoms with van der Waals surface area (Å²) < 4.78 is 10.8. The molecule has 0 saturated heterocycles. The molecule has 0 saturated carbocycles. The molecule has 0 aliphatic carbocycles. The highest BCUT2D eigenvalue weighted by molar-refractivity contribution is 6.21. The van der Waals surface area contributed by atoms with Gasteiger partial charge in [-0.05, 0) is 61.2 Å². The first-order chi connectivity index (χ1) is 14.1.